The number of hydrogen-bond acceptors (Lipinski definition) is 4. The fraction of sp³-hybridized carbons (Fsp3) is 0.273. The Bertz CT molecular complexity index is 1090. The number of nitrogens with one attached hydrogen (secondary N) is 3. The van der Waals surface area contributed by atoms with Crippen LogP contribution < -0.4 is 15.4 Å². The van der Waals surface area contributed by atoms with Gasteiger partial charge in [0.15, 0.2) is 5.96 Å². The van der Waals surface area contributed by atoms with Gasteiger partial charge in [-0.2, -0.15) is 5.10 Å². The van der Waals surface area contributed by atoms with Gasteiger partial charge < -0.3 is 10.6 Å². The van der Waals surface area contributed by atoms with E-state index in [1.54, 1.807) is 18.3 Å². The van der Waals surface area contributed by atoms with Gasteiger partial charge in [-0.1, -0.05) is 30.3 Å². The summed E-state index contributed by atoms with van der Waals surface area (Å²) in [6.45, 7) is 3.81. The van der Waals surface area contributed by atoms with Crippen molar-refractivity contribution in [2.45, 2.75) is 19.9 Å². The third kappa shape index (κ3) is 7.14. The summed E-state index contributed by atoms with van der Waals surface area (Å²) in [7, 11) is -3.35. The van der Waals surface area contributed by atoms with Gasteiger partial charge in [0.2, 0.25) is 10.0 Å². The highest BCUT2D eigenvalue weighted by atomic mass is 32.2. The number of nitrogens with zero attached hydrogens (tertiary/aromatic N) is 3. The van der Waals surface area contributed by atoms with Crippen molar-refractivity contribution in [1.29, 1.82) is 0 Å². The Morgan fingerprint density at radius 1 is 1.06 bits per heavy atom. The van der Waals surface area contributed by atoms with Gasteiger partial charge in [-0.3, -0.25) is 4.72 Å². The number of benzene rings is 2. The molecule has 31 heavy (non-hydrogen) atoms. The lowest BCUT2D eigenvalue weighted by Crippen LogP contribution is -2.38. The lowest BCUT2D eigenvalue weighted by molar-refractivity contribution is 0.606. The van der Waals surface area contributed by atoms with Gasteiger partial charge in [0, 0.05) is 25.5 Å². The molecular formula is C22H28N6O2S. The third-order valence-corrected chi connectivity index (χ3v) is 5.07. The SMILES string of the molecule is CCNC(=NCc1ccccc1NS(C)(=O)=O)NCCc1ccc(-n2cccn2)cc1. The average Bonchev–Trinajstić information content (AvgIpc) is 3.27. The number of aromatic nitrogens is 2. The quantitative estimate of drug-likeness (QED) is 0.351. The third-order valence-electron chi connectivity index (χ3n) is 4.48. The molecule has 0 aliphatic rings. The number of hydrogen-bond donors (Lipinski definition) is 3. The Balaban J connectivity index is 1.58. The zero-order chi connectivity index (χ0) is 22.1. The summed E-state index contributed by atoms with van der Waals surface area (Å²) in [5, 5.41) is 10.8. The van der Waals surface area contributed by atoms with Gasteiger partial charge in [0.05, 0.1) is 24.2 Å². The molecule has 1 heterocycles. The molecule has 0 bridgehead atoms. The topological polar surface area (TPSA) is 100 Å². The van der Waals surface area contributed by atoms with E-state index in [1.165, 1.54) is 5.56 Å². The van der Waals surface area contributed by atoms with Crippen LogP contribution in [0.4, 0.5) is 5.69 Å². The zero-order valence-electron chi connectivity index (χ0n) is 17.7. The molecule has 0 saturated heterocycles. The van der Waals surface area contributed by atoms with Crippen LogP contribution in [0.5, 0.6) is 0 Å². The summed E-state index contributed by atoms with van der Waals surface area (Å²) in [5.41, 5.74) is 3.58. The van der Waals surface area contributed by atoms with Gasteiger partial charge >= 0.3 is 0 Å². The number of aliphatic imine (C=N–C) groups is 1. The van der Waals surface area contributed by atoms with E-state index in [9.17, 15) is 8.42 Å². The van der Waals surface area contributed by atoms with Gasteiger partial charge in [-0.25, -0.2) is 18.1 Å². The Morgan fingerprint density at radius 3 is 2.52 bits per heavy atom. The Morgan fingerprint density at radius 2 is 1.84 bits per heavy atom. The fourth-order valence-corrected chi connectivity index (χ4v) is 3.62. The van der Waals surface area contributed by atoms with Crippen molar-refractivity contribution in [2.75, 3.05) is 24.1 Å². The van der Waals surface area contributed by atoms with Crippen molar-refractivity contribution in [2.24, 2.45) is 4.99 Å². The van der Waals surface area contributed by atoms with Gasteiger partial charge in [0.1, 0.15) is 0 Å². The summed E-state index contributed by atoms with van der Waals surface area (Å²) >= 11 is 0. The molecule has 0 unspecified atom stereocenters. The second-order valence-electron chi connectivity index (χ2n) is 7.02. The van der Waals surface area contributed by atoms with Crippen LogP contribution in [0.1, 0.15) is 18.1 Å². The molecule has 0 atom stereocenters. The maximum absolute atomic E-state index is 11.6. The smallest absolute Gasteiger partial charge is 0.229 e. The van der Waals surface area contributed by atoms with E-state index in [1.807, 2.05) is 48.1 Å². The van der Waals surface area contributed by atoms with E-state index in [0.29, 0.717) is 18.2 Å². The Hall–Kier alpha value is -3.33. The molecule has 0 saturated carbocycles. The number of guanidine groups is 1. The van der Waals surface area contributed by atoms with E-state index in [-0.39, 0.29) is 0 Å². The summed E-state index contributed by atoms with van der Waals surface area (Å²) in [6, 6.07) is 17.4. The molecule has 3 N–H and O–H groups in total. The maximum atomic E-state index is 11.6. The van der Waals surface area contributed by atoms with E-state index in [4.69, 9.17) is 0 Å². The second-order valence-corrected chi connectivity index (χ2v) is 8.77. The van der Waals surface area contributed by atoms with Crippen molar-refractivity contribution in [1.82, 2.24) is 20.4 Å². The maximum Gasteiger partial charge on any atom is 0.229 e. The molecule has 3 rings (SSSR count). The molecule has 1 aromatic heterocycles. The van der Waals surface area contributed by atoms with Gasteiger partial charge in [0.25, 0.3) is 0 Å². The van der Waals surface area contributed by atoms with Crippen molar-refractivity contribution >= 4 is 21.7 Å². The minimum atomic E-state index is -3.35. The molecule has 8 nitrogen and oxygen atoms in total. The zero-order valence-corrected chi connectivity index (χ0v) is 18.6. The number of anilines is 1. The molecule has 9 heteroatoms. The largest absolute Gasteiger partial charge is 0.357 e. The first kappa shape index (κ1) is 22.4. The van der Waals surface area contributed by atoms with Crippen molar-refractivity contribution in [3.05, 3.63) is 78.1 Å². The molecule has 2 aromatic carbocycles. The summed E-state index contributed by atoms with van der Waals surface area (Å²) in [6.07, 6.45) is 5.66. The normalized spacial score (nSPS) is 11.9. The predicted octanol–water partition coefficient (Wildman–Crippen LogP) is 2.54. The number of para-hydroxylation sites is 1. The van der Waals surface area contributed by atoms with Crippen LogP contribution in [-0.4, -0.2) is 43.5 Å². The van der Waals surface area contributed by atoms with Crippen LogP contribution in [0.15, 0.2) is 72.0 Å². The number of sulfonamides is 1. The van der Waals surface area contributed by atoms with Crippen molar-refractivity contribution in [3.8, 4) is 5.69 Å². The van der Waals surface area contributed by atoms with Crippen LogP contribution in [0, 0.1) is 0 Å². The van der Waals surface area contributed by atoms with Gasteiger partial charge in [-0.05, 0) is 48.7 Å². The highest BCUT2D eigenvalue weighted by Crippen LogP contribution is 2.17. The minimum absolute atomic E-state index is 0.354. The molecule has 0 fully saturated rings. The van der Waals surface area contributed by atoms with Crippen molar-refractivity contribution in [3.63, 3.8) is 0 Å². The summed E-state index contributed by atoms with van der Waals surface area (Å²) in [5.74, 6) is 0.685. The van der Waals surface area contributed by atoms with Crippen LogP contribution >= 0.6 is 0 Å². The first-order chi connectivity index (χ1) is 14.9. The highest BCUT2D eigenvalue weighted by molar-refractivity contribution is 7.92. The molecular weight excluding hydrogens is 412 g/mol. The average molecular weight is 441 g/mol. The summed E-state index contributed by atoms with van der Waals surface area (Å²) < 4.78 is 27.5. The second kappa shape index (κ2) is 10.6. The molecule has 0 aliphatic heterocycles. The molecule has 0 amide bonds. The van der Waals surface area contributed by atoms with E-state index < -0.39 is 10.0 Å². The lowest BCUT2D eigenvalue weighted by atomic mass is 10.1. The minimum Gasteiger partial charge on any atom is -0.357 e. The predicted molar refractivity (Wildman–Crippen MR) is 125 cm³/mol. The van der Waals surface area contributed by atoms with E-state index in [0.717, 1.165) is 37.0 Å². The fourth-order valence-electron chi connectivity index (χ4n) is 3.03. The molecule has 0 spiro atoms. The van der Waals surface area contributed by atoms with Crippen LogP contribution in [0.25, 0.3) is 5.69 Å². The monoisotopic (exact) mass is 440 g/mol. The van der Waals surface area contributed by atoms with Crippen molar-refractivity contribution < 1.29 is 8.42 Å². The Kier molecular flexibility index (Phi) is 7.66. The Labute approximate surface area is 183 Å². The summed E-state index contributed by atoms with van der Waals surface area (Å²) in [4.78, 5) is 4.60. The molecule has 164 valence electrons. The van der Waals surface area contributed by atoms with Crippen LogP contribution in [0.2, 0.25) is 0 Å². The van der Waals surface area contributed by atoms with E-state index in [2.05, 4.69) is 37.6 Å². The lowest BCUT2D eigenvalue weighted by Gasteiger charge is -2.13. The van der Waals surface area contributed by atoms with Gasteiger partial charge in [-0.15, -0.1) is 0 Å². The molecule has 0 aliphatic carbocycles. The van der Waals surface area contributed by atoms with E-state index >= 15 is 0 Å². The highest BCUT2D eigenvalue weighted by Gasteiger charge is 2.07. The molecule has 0 radical (unpaired) electrons. The molecule has 3 aromatic rings. The van der Waals surface area contributed by atoms with Crippen LogP contribution in [-0.2, 0) is 23.0 Å². The van der Waals surface area contributed by atoms with Crippen LogP contribution in [0.3, 0.4) is 0 Å². The first-order valence-electron chi connectivity index (χ1n) is 10.1. The first-order valence-corrected chi connectivity index (χ1v) is 12.0. The number of rotatable bonds is 9. The standard InChI is InChI=1S/C22H28N6O2S/c1-3-23-22(25-17-19-7-4-5-8-21(19)27-31(2,29)30)24-15-13-18-9-11-20(12-10-18)28-16-6-14-26-28/h4-12,14,16,27H,3,13,15,17H2,1-2H3,(H2,23,24,25).